The average molecular weight is 951 g/mol. The lowest BCUT2D eigenvalue weighted by Crippen LogP contribution is -2.15. The van der Waals surface area contributed by atoms with Gasteiger partial charge in [-0.05, 0) is 178 Å². The molecule has 0 heteroatoms. The summed E-state index contributed by atoms with van der Waals surface area (Å²) in [5.74, 6) is 0. The molecule has 0 saturated carbocycles. The zero-order chi connectivity index (χ0) is 49.8. The zero-order valence-corrected chi connectivity index (χ0v) is 41.9. The first-order valence-corrected chi connectivity index (χ1v) is 26.3. The Morgan fingerprint density at radius 2 is 0.453 bits per heavy atom. The van der Waals surface area contributed by atoms with Gasteiger partial charge < -0.3 is 0 Å². The van der Waals surface area contributed by atoms with E-state index in [0.717, 1.165) is 0 Å². The Labute approximate surface area is 437 Å². The van der Waals surface area contributed by atoms with Gasteiger partial charge in [0.15, 0.2) is 0 Å². The molecule has 350 valence electrons. The van der Waals surface area contributed by atoms with E-state index < -0.39 is 0 Å². The minimum Gasteiger partial charge on any atom is -0.0616 e. The van der Waals surface area contributed by atoms with Crippen LogP contribution in [-0.4, -0.2) is 0 Å². The van der Waals surface area contributed by atoms with Gasteiger partial charge in [-0.2, -0.15) is 0 Å². The first-order chi connectivity index (χ1) is 36.9. The van der Waals surface area contributed by atoms with Crippen molar-refractivity contribution in [3.8, 4) is 77.9 Å². The average Bonchev–Trinajstić information content (AvgIpc) is 3.70. The fraction of sp³-hybridized carbons (Fsp3) is 0.0400. The van der Waals surface area contributed by atoms with Crippen LogP contribution in [0.5, 0.6) is 0 Å². The van der Waals surface area contributed by atoms with Crippen molar-refractivity contribution in [1.29, 1.82) is 0 Å². The largest absolute Gasteiger partial charge is 0.0616 e. The Morgan fingerprint density at radius 1 is 0.200 bits per heavy atom. The van der Waals surface area contributed by atoms with Crippen LogP contribution in [0.2, 0.25) is 0 Å². The predicted octanol–water partition coefficient (Wildman–Crippen LogP) is 20.9. The van der Waals surface area contributed by atoms with E-state index >= 15 is 0 Å². The number of hydrogen-bond donors (Lipinski definition) is 0. The fourth-order valence-electron chi connectivity index (χ4n) is 12.9. The minimum absolute atomic E-state index is 0.175. The summed E-state index contributed by atoms with van der Waals surface area (Å²) in [7, 11) is 0. The molecule has 0 nitrogen and oxygen atoms in total. The van der Waals surface area contributed by atoms with E-state index in [9.17, 15) is 0 Å². The molecule has 0 aromatic heterocycles. The lowest BCUT2D eigenvalue weighted by atomic mass is 9.80. The molecule has 0 N–H and O–H groups in total. The Morgan fingerprint density at radius 3 is 0.787 bits per heavy atom. The first kappa shape index (κ1) is 43.2. The highest BCUT2D eigenvalue weighted by atomic mass is 14.4. The molecule has 0 bridgehead atoms. The molecule has 0 atom stereocenters. The fourth-order valence-corrected chi connectivity index (χ4v) is 12.9. The Kier molecular flexibility index (Phi) is 9.72. The minimum atomic E-state index is -0.175. The zero-order valence-electron chi connectivity index (χ0n) is 41.9. The lowest BCUT2D eigenvalue weighted by Gasteiger charge is -2.23. The van der Waals surface area contributed by atoms with Crippen molar-refractivity contribution in [2.75, 3.05) is 0 Å². The van der Waals surface area contributed by atoms with Gasteiger partial charge in [0, 0.05) is 5.41 Å². The quantitative estimate of drug-likeness (QED) is 0.146. The summed E-state index contributed by atoms with van der Waals surface area (Å²) in [5.41, 5.74) is 20.2. The van der Waals surface area contributed by atoms with Gasteiger partial charge >= 0.3 is 0 Å². The van der Waals surface area contributed by atoms with Crippen LogP contribution in [0.1, 0.15) is 25.0 Å². The molecule has 0 fully saturated rings. The smallest absolute Gasteiger partial charge is 0.0159 e. The maximum absolute atomic E-state index is 2.45. The summed E-state index contributed by atoms with van der Waals surface area (Å²) in [6.45, 7) is 4.79. The number of benzene rings is 14. The summed E-state index contributed by atoms with van der Waals surface area (Å²) in [5, 5.41) is 15.2. The van der Waals surface area contributed by atoms with Gasteiger partial charge in [-0.15, -0.1) is 0 Å². The van der Waals surface area contributed by atoms with Crippen molar-refractivity contribution >= 4 is 64.6 Å². The van der Waals surface area contributed by atoms with Gasteiger partial charge in [0.05, 0.1) is 0 Å². The van der Waals surface area contributed by atoms with Crippen LogP contribution in [0, 0.1) is 0 Å². The van der Waals surface area contributed by atoms with Gasteiger partial charge in [-0.1, -0.05) is 257 Å². The molecule has 0 heterocycles. The standard InChI is InChI=1S/C75H50/c1-75(2)69-45-55(49-27-33-51(34-28-49)71-61-19-7-11-23-65(61)73(66-24-12-8-20-62(66)71)57-37-31-47-15-3-5-17-53(47)43-57)39-41-59(69)60-42-40-56(46-70(60)75)50-29-35-52(36-30-50)72-63-21-9-13-25-67(63)74(68-26-14-10-22-64(68)72)58-38-32-48-16-4-6-18-54(48)44-58/h3-46H,1-2H3. The summed E-state index contributed by atoms with van der Waals surface area (Å²) in [4.78, 5) is 0. The highest BCUT2D eigenvalue weighted by molar-refractivity contribution is 6.23. The third-order valence-electron chi connectivity index (χ3n) is 16.6. The van der Waals surface area contributed by atoms with E-state index in [2.05, 4.69) is 281 Å². The molecule has 14 aromatic carbocycles. The van der Waals surface area contributed by atoms with Crippen LogP contribution in [0.25, 0.3) is 143 Å². The van der Waals surface area contributed by atoms with E-state index in [1.54, 1.807) is 0 Å². The summed E-state index contributed by atoms with van der Waals surface area (Å²) >= 11 is 0. The second-order valence-electron chi connectivity index (χ2n) is 21.1. The predicted molar refractivity (Wildman–Crippen MR) is 322 cm³/mol. The van der Waals surface area contributed by atoms with Crippen LogP contribution in [0.15, 0.2) is 267 Å². The molecular formula is C75H50. The van der Waals surface area contributed by atoms with E-state index in [0.29, 0.717) is 0 Å². The molecule has 14 aromatic rings. The molecule has 0 aliphatic heterocycles. The highest BCUT2D eigenvalue weighted by Gasteiger charge is 2.36. The molecule has 0 radical (unpaired) electrons. The van der Waals surface area contributed by atoms with Crippen molar-refractivity contribution in [3.05, 3.63) is 278 Å². The van der Waals surface area contributed by atoms with Gasteiger partial charge in [0.25, 0.3) is 0 Å². The van der Waals surface area contributed by atoms with Gasteiger partial charge in [-0.25, -0.2) is 0 Å². The SMILES string of the molecule is CC1(C)c2cc(-c3ccc(-c4c5ccccc5c(-c5ccc6ccccc6c5)c5ccccc45)cc3)ccc2-c2ccc(-c3ccc(-c4c5ccccc5c(-c5ccc6ccccc6c5)c5ccccc45)cc3)cc21. The third kappa shape index (κ3) is 6.83. The second-order valence-corrected chi connectivity index (χ2v) is 21.1. The molecule has 0 saturated heterocycles. The van der Waals surface area contributed by atoms with Crippen LogP contribution < -0.4 is 0 Å². The van der Waals surface area contributed by atoms with Gasteiger partial charge in [0.2, 0.25) is 0 Å². The number of fused-ring (bicyclic) bond motifs is 9. The molecule has 1 aliphatic carbocycles. The van der Waals surface area contributed by atoms with Gasteiger partial charge in [0.1, 0.15) is 0 Å². The van der Waals surface area contributed by atoms with E-state index in [-0.39, 0.29) is 5.41 Å². The molecule has 0 unspecified atom stereocenters. The molecule has 1 aliphatic rings. The van der Waals surface area contributed by atoms with Crippen molar-refractivity contribution in [3.63, 3.8) is 0 Å². The van der Waals surface area contributed by atoms with Gasteiger partial charge in [-0.3, -0.25) is 0 Å². The monoisotopic (exact) mass is 950 g/mol. The third-order valence-corrected chi connectivity index (χ3v) is 16.6. The van der Waals surface area contributed by atoms with E-state index in [1.807, 2.05) is 0 Å². The van der Waals surface area contributed by atoms with E-state index in [4.69, 9.17) is 0 Å². The molecule has 75 heavy (non-hydrogen) atoms. The molecular weight excluding hydrogens is 901 g/mol. The molecule has 0 amide bonds. The molecule has 15 rings (SSSR count). The van der Waals surface area contributed by atoms with Crippen LogP contribution in [0.3, 0.4) is 0 Å². The lowest BCUT2D eigenvalue weighted by molar-refractivity contribution is 0.661. The normalized spacial score (nSPS) is 12.8. The number of hydrogen-bond acceptors (Lipinski definition) is 0. The number of rotatable bonds is 6. The molecule has 0 spiro atoms. The maximum atomic E-state index is 2.45. The van der Waals surface area contributed by atoms with E-state index in [1.165, 1.54) is 154 Å². The van der Waals surface area contributed by atoms with Crippen molar-refractivity contribution in [2.45, 2.75) is 19.3 Å². The maximum Gasteiger partial charge on any atom is 0.0159 e. The Balaban J connectivity index is 0.752. The summed E-state index contributed by atoms with van der Waals surface area (Å²) in [6.07, 6.45) is 0. The summed E-state index contributed by atoms with van der Waals surface area (Å²) < 4.78 is 0. The Bertz CT molecular complexity index is 4230. The Hall–Kier alpha value is -9.36. The topological polar surface area (TPSA) is 0 Å². The van der Waals surface area contributed by atoms with Crippen LogP contribution in [-0.2, 0) is 5.41 Å². The van der Waals surface area contributed by atoms with Crippen molar-refractivity contribution in [2.24, 2.45) is 0 Å². The summed E-state index contributed by atoms with van der Waals surface area (Å²) in [6, 6.07) is 99.7. The first-order valence-electron chi connectivity index (χ1n) is 26.3. The van der Waals surface area contributed by atoms with Crippen LogP contribution in [0.4, 0.5) is 0 Å². The van der Waals surface area contributed by atoms with Crippen molar-refractivity contribution in [1.82, 2.24) is 0 Å². The highest BCUT2D eigenvalue weighted by Crippen LogP contribution is 2.52. The van der Waals surface area contributed by atoms with Crippen LogP contribution >= 0.6 is 0 Å². The second kappa shape index (κ2) is 16.9. The van der Waals surface area contributed by atoms with Crippen molar-refractivity contribution < 1.29 is 0 Å².